The van der Waals surface area contributed by atoms with E-state index in [-0.39, 0.29) is 29.6 Å². The first-order valence-electron chi connectivity index (χ1n) is 17.1. The molecule has 0 bridgehead atoms. The highest BCUT2D eigenvalue weighted by Gasteiger charge is 2.77. The summed E-state index contributed by atoms with van der Waals surface area (Å²) < 4.78 is 22.4. The van der Waals surface area contributed by atoms with E-state index in [0.717, 1.165) is 19.3 Å². The number of rotatable bonds is 10. The van der Waals surface area contributed by atoms with Crippen LogP contribution in [0.4, 0.5) is 0 Å². The number of carbonyl (C=O) groups is 4. The minimum absolute atomic E-state index is 0.0170. The van der Waals surface area contributed by atoms with Crippen LogP contribution in [-0.4, -0.2) is 81.9 Å². The van der Waals surface area contributed by atoms with Crippen LogP contribution in [0.1, 0.15) is 107 Å². The summed E-state index contributed by atoms with van der Waals surface area (Å²) in [6.07, 6.45) is -0.0337. The van der Waals surface area contributed by atoms with Gasteiger partial charge in [-0.25, -0.2) is 0 Å². The van der Waals surface area contributed by atoms with Crippen LogP contribution < -0.4 is 0 Å². The number of hydrogen-bond acceptors (Lipinski definition) is 11. The average Bonchev–Trinajstić information content (AvgIpc) is 3.16. The normalized spacial score (nSPS) is 42.8. The number of carbonyl (C=O) groups excluding carboxylic acids is 4. The quantitative estimate of drug-likeness (QED) is 0.233. The first-order chi connectivity index (χ1) is 21.4. The molecule has 11 heteroatoms. The molecule has 3 N–H and O–H groups in total. The Morgan fingerprint density at radius 1 is 0.804 bits per heavy atom. The van der Waals surface area contributed by atoms with Gasteiger partial charge in [0, 0.05) is 39.5 Å². The topological polar surface area (TPSA) is 166 Å². The summed E-state index contributed by atoms with van der Waals surface area (Å²) in [6, 6.07) is 0. The summed E-state index contributed by atoms with van der Waals surface area (Å²) in [5, 5.41) is 37.3. The lowest BCUT2D eigenvalue weighted by molar-refractivity contribution is -0.312. The third kappa shape index (κ3) is 6.57. The molecular weight excluding hydrogens is 596 g/mol. The van der Waals surface area contributed by atoms with Crippen molar-refractivity contribution in [2.24, 2.45) is 46.3 Å². The Morgan fingerprint density at radius 3 is 1.98 bits per heavy atom. The number of esters is 4. The van der Waals surface area contributed by atoms with Gasteiger partial charge in [-0.3, -0.25) is 19.2 Å². The van der Waals surface area contributed by atoms with E-state index in [2.05, 4.69) is 13.8 Å². The highest BCUT2D eigenvalue weighted by molar-refractivity contribution is 5.67. The monoisotopic (exact) mass is 652 g/mol. The summed E-state index contributed by atoms with van der Waals surface area (Å²) in [5.74, 6) is -3.75. The highest BCUT2D eigenvalue weighted by atomic mass is 16.6. The predicted octanol–water partition coefficient (Wildman–Crippen LogP) is 3.72. The van der Waals surface area contributed by atoms with Crippen molar-refractivity contribution in [3.8, 4) is 0 Å². The van der Waals surface area contributed by atoms with Crippen LogP contribution in [-0.2, 0) is 38.1 Å². The van der Waals surface area contributed by atoms with Gasteiger partial charge < -0.3 is 34.3 Å². The second kappa shape index (κ2) is 13.7. The van der Waals surface area contributed by atoms with Crippen LogP contribution >= 0.6 is 0 Å². The minimum Gasteiger partial charge on any atom is -0.466 e. The molecule has 0 aromatic carbocycles. The first kappa shape index (κ1) is 36.6. The summed E-state index contributed by atoms with van der Waals surface area (Å²) in [7, 11) is 0. The van der Waals surface area contributed by atoms with Gasteiger partial charge in [-0.1, -0.05) is 40.5 Å². The zero-order chi connectivity index (χ0) is 34.4. The Kier molecular flexibility index (Phi) is 10.9. The molecule has 0 spiro atoms. The van der Waals surface area contributed by atoms with Crippen molar-refractivity contribution in [1.29, 1.82) is 0 Å². The summed E-state index contributed by atoms with van der Waals surface area (Å²) >= 11 is 0. The standard InChI is InChI=1S/C35H56O11/c1-18(17-43-20(3)36)10-9-11-19(2)27-28(40)30(46-23(6)39)31-34(27,8)15-13-26-33(7)14-12-24(44-21(4)37)16-25(33)29(45-22(5)38)32(41)35(26,31)42/h18-19,24-32,40-42H,9-17H2,1-8H3/t18?,19-,24+,25-,26-,27+,28-,29-,30+,31-,32-,33+,34-,35+/m1/s1. The lowest BCUT2D eigenvalue weighted by Crippen LogP contribution is -2.75. The maximum absolute atomic E-state index is 13.1. The predicted molar refractivity (Wildman–Crippen MR) is 166 cm³/mol. The van der Waals surface area contributed by atoms with Gasteiger partial charge in [0.15, 0.2) is 0 Å². The molecule has 4 rings (SSSR count). The molecule has 1 unspecified atom stereocenters. The van der Waals surface area contributed by atoms with E-state index < -0.39 is 76.7 Å². The highest BCUT2D eigenvalue weighted by Crippen LogP contribution is 2.70. The van der Waals surface area contributed by atoms with E-state index in [9.17, 15) is 34.5 Å². The van der Waals surface area contributed by atoms with Gasteiger partial charge in [-0.15, -0.1) is 0 Å². The van der Waals surface area contributed by atoms with E-state index in [1.54, 1.807) is 0 Å². The van der Waals surface area contributed by atoms with Crippen LogP contribution in [0.5, 0.6) is 0 Å². The molecule has 4 aliphatic carbocycles. The van der Waals surface area contributed by atoms with Gasteiger partial charge in [0.25, 0.3) is 0 Å². The van der Waals surface area contributed by atoms with Gasteiger partial charge in [0.05, 0.1) is 12.7 Å². The molecule has 0 saturated heterocycles. The van der Waals surface area contributed by atoms with Gasteiger partial charge in [-0.05, 0) is 73.0 Å². The van der Waals surface area contributed by atoms with Crippen molar-refractivity contribution in [3.63, 3.8) is 0 Å². The molecule has 0 aromatic rings. The minimum atomic E-state index is -1.85. The van der Waals surface area contributed by atoms with Crippen molar-refractivity contribution < 1.29 is 53.4 Å². The number of aliphatic hydroxyl groups is 3. The van der Waals surface area contributed by atoms with Crippen LogP contribution in [0.3, 0.4) is 0 Å². The smallest absolute Gasteiger partial charge is 0.303 e. The molecule has 4 saturated carbocycles. The fourth-order valence-corrected chi connectivity index (χ4v) is 10.7. The van der Waals surface area contributed by atoms with E-state index in [1.807, 2.05) is 13.8 Å². The van der Waals surface area contributed by atoms with Crippen LogP contribution in [0.2, 0.25) is 0 Å². The Morgan fingerprint density at radius 2 is 1.39 bits per heavy atom. The Labute approximate surface area is 273 Å². The zero-order valence-electron chi connectivity index (χ0n) is 28.8. The lowest BCUT2D eigenvalue weighted by Gasteiger charge is -2.67. The number of aliphatic hydroxyl groups excluding tert-OH is 2. The molecule has 0 heterocycles. The summed E-state index contributed by atoms with van der Waals surface area (Å²) in [5.41, 5.74) is -3.16. The fraction of sp³-hybridized carbons (Fsp3) is 0.886. The maximum Gasteiger partial charge on any atom is 0.303 e. The molecule has 0 aliphatic heterocycles. The van der Waals surface area contributed by atoms with Crippen LogP contribution in [0.25, 0.3) is 0 Å². The number of fused-ring (bicyclic) bond motifs is 5. The second-order valence-electron chi connectivity index (χ2n) is 15.5. The Hall–Kier alpha value is -2.24. The van der Waals surface area contributed by atoms with Crippen molar-refractivity contribution >= 4 is 23.9 Å². The molecule has 0 aromatic heterocycles. The van der Waals surface area contributed by atoms with Crippen molar-refractivity contribution in [3.05, 3.63) is 0 Å². The molecule has 0 amide bonds. The van der Waals surface area contributed by atoms with Gasteiger partial charge in [-0.2, -0.15) is 0 Å². The SMILES string of the molecule is CC(=O)OCC(C)CCC[C@@H](C)[C@H]1[C@@H](O)[C@H](OC(C)=O)[C@@H]2[C@]1(C)CC[C@@H]1[C@@]3(C)CC[C@H](OC(C)=O)C[C@@H]3[C@@H](OC(C)=O)[C@@H](O)[C@]12O. The Balaban J connectivity index is 1.70. The molecule has 4 fully saturated rings. The van der Waals surface area contributed by atoms with E-state index >= 15 is 0 Å². The molecule has 46 heavy (non-hydrogen) atoms. The molecule has 262 valence electrons. The van der Waals surface area contributed by atoms with E-state index in [1.165, 1.54) is 27.7 Å². The van der Waals surface area contributed by atoms with Gasteiger partial charge in [0.1, 0.15) is 30.0 Å². The van der Waals surface area contributed by atoms with Crippen molar-refractivity contribution in [1.82, 2.24) is 0 Å². The van der Waals surface area contributed by atoms with E-state index in [4.69, 9.17) is 18.9 Å². The van der Waals surface area contributed by atoms with Gasteiger partial charge >= 0.3 is 23.9 Å². The Bertz CT molecular complexity index is 1160. The summed E-state index contributed by atoms with van der Waals surface area (Å²) in [4.78, 5) is 48.0. The molecule has 14 atom stereocenters. The number of ether oxygens (including phenoxy) is 4. The average molecular weight is 653 g/mol. The summed E-state index contributed by atoms with van der Waals surface area (Å²) in [6.45, 7) is 13.8. The van der Waals surface area contributed by atoms with Crippen LogP contribution in [0.15, 0.2) is 0 Å². The third-order valence-electron chi connectivity index (χ3n) is 12.4. The molecule has 4 aliphatic rings. The maximum atomic E-state index is 13.1. The molecule has 0 radical (unpaired) electrons. The lowest BCUT2D eigenvalue weighted by atomic mass is 9.41. The third-order valence-corrected chi connectivity index (χ3v) is 12.4. The zero-order valence-corrected chi connectivity index (χ0v) is 28.8. The second-order valence-corrected chi connectivity index (χ2v) is 15.5. The molecule has 11 nitrogen and oxygen atoms in total. The molecular formula is C35H56O11. The first-order valence-corrected chi connectivity index (χ1v) is 17.1. The largest absolute Gasteiger partial charge is 0.466 e. The van der Waals surface area contributed by atoms with Gasteiger partial charge in [0.2, 0.25) is 0 Å². The van der Waals surface area contributed by atoms with Crippen molar-refractivity contribution in [2.75, 3.05) is 6.61 Å². The van der Waals surface area contributed by atoms with E-state index in [0.29, 0.717) is 38.7 Å². The van der Waals surface area contributed by atoms with Crippen LogP contribution in [0, 0.1) is 46.3 Å². The number of hydrogen-bond donors (Lipinski definition) is 3. The van der Waals surface area contributed by atoms with Crippen molar-refractivity contribution in [2.45, 2.75) is 143 Å². The fourth-order valence-electron chi connectivity index (χ4n) is 10.7.